The van der Waals surface area contributed by atoms with Crippen LogP contribution >= 0.6 is 15.9 Å². The Bertz CT molecular complexity index is 653. The number of benzene rings is 2. The number of nitrogens with one attached hydrogen (secondary N) is 1. The lowest BCUT2D eigenvalue weighted by molar-refractivity contribution is 0.0497. The van der Waals surface area contributed by atoms with Gasteiger partial charge in [0.1, 0.15) is 5.75 Å². The third kappa shape index (κ3) is 4.14. The Morgan fingerprint density at radius 3 is 2.61 bits per heavy atom. The van der Waals surface area contributed by atoms with Crippen LogP contribution in [0.1, 0.15) is 24.0 Å². The molecule has 3 nitrogen and oxygen atoms in total. The van der Waals surface area contributed by atoms with Crippen molar-refractivity contribution < 1.29 is 9.84 Å². The molecule has 0 aromatic heterocycles. The molecule has 3 rings (SSSR count). The van der Waals surface area contributed by atoms with E-state index in [9.17, 15) is 5.11 Å². The first-order valence-corrected chi connectivity index (χ1v) is 8.80. The van der Waals surface area contributed by atoms with E-state index in [4.69, 9.17) is 4.74 Å². The summed E-state index contributed by atoms with van der Waals surface area (Å²) < 4.78 is 6.70. The smallest absolute Gasteiger partial charge is 0.115 e. The van der Waals surface area contributed by atoms with Gasteiger partial charge in [-0.05, 0) is 48.2 Å². The van der Waals surface area contributed by atoms with Crippen LogP contribution in [-0.4, -0.2) is 24.9 Å². The molecule has 4 heteroatoms. The van der Waals surface area contributed by atoms with Crippen LogP contribution in [0.5, 0.6) is 5.75 Å². The van der Waals surface area contributed by atoms with Crippen LogP contribution in [-0.2, 0) is 16.7 Å². The van der Waals surface area contributed by atoms with Crippen LogP contribution in [0.15, 0.2) is 53.0 Å². The summed E-state index contributed by atoms with van der Waals surface area (Å²) in [5.74, 6) is 0.317. The van der Waals surface area contributed by atoms with Gasteiger partial charge in [0.2, 0.25) is 0 Å². The molecular formula is C19H22BrNO2. The zero-order chi connectivity index (χ0) is 16.1. The number of ether oxygens (including phenoxy) is 1. The van der Waals surface area contributed by atoms with Crippen molar-refractivity contribution in [1.82, 2.24) is 5.32 Å². The molecule has 122 valence electrons. The number of hydrogen-bond acceptors (Lipinski definition) is 3. The van der Waals surface area contributed by atoms with Crippen molar-refractivity contribution in [2.75, 3.05) is 19.8 Å². The predicted molar refractivity (Wildman–Crippen MR) is 95.7 cm³/mol. The highest BCUT2D eigenvalue weighted by Gasteiger charge is 2.34. The van der Waals surface area contributed by atoms with Gasteiger partial charge < -0.3 is 15.2 Å². The molecule has 2 aromatic rings. The van der Waals surface area contributed by atoms with Crippen LogP contribution in [0.2, 0.25) is 0 Å². The molecule has 0 spiro atoms. The topological polar surface area (TPSA) is 41.5 Å². The van der Waals surface area contributed by atoms with E-state index in [1.165, 1.54) is 5.56 Å². The molecule has 0 radical (unpaired) electrons. The molecule has 2 N–H and O–H groups in total. The van der Waals surface area contributed by atoms with Gasteiger partial charge in [-0.3, -0.25) is 0 Å². The minimum absolute atomic E-state index is 0.110. The SMILES string of the molecule is Oc1cccc(CNCC2(c3cccc(Br)c3)CCOCC2)c1. The van der Waals surface area contributed by atoms with Crippen LogP contribution in [0.3, 0.4) is 0 Å². The molecule has 2 aromatic carbocycles. The molecule has 1 saturated heterocycles. The van der Waals surface area contributed by atoms with Crippen molar-refractivity contribution in [3.05, 3.63) is 64.1 Å². The molecule has 1 heterocycles. The van der Waals surface area contributed by atoms with E-state index < -0.39 is 0 Å². The average Bonchev–Trinajstić information content (AvgIpc) is 2.56. The summed E-state index contributed by atoms with van der Waals surface area (Å²) in [6, 6.07) is 16.0. The van der Waals surface area contributed by atoms with E-state index in [1.54, 1.807) is 6.07 Å². The van der Waals surface area contributed by atoms with E-state index in [2.05, 4.69) is 45.5 Å². The Kier molecular flexibility index (Phi) is 5.36. The lowest BCUT2D eigenvalue weighted by Crippen LogP contribution is -2.42. The first-order chi connectivity index (χ1) is 11.2. The molecule has 0 aliphatic carbocycles. The van der Waals surface area contributed by atoms with Crippen molar-refractivity contribution in [3.8, 4) is 5.75 Å². The van der Waals surface area contributed by atoms with Gasteiger partial charge in [-0.25, -0.2) is 0 Å². The van der Waals surface area contributed by atoms with E-state index >= 15 is 0 Å². The van der Waals surface area contributed by atoms with E-state index in [1.807, 2.05) is 18.2 Å². The van der Waals surface area contributed by atoms with Crippen LogP contribution < -0.4 is 5.32 Å². The molecule has 0 saturated carbocycles. The molecule has 0 amide bonds. The Balaban J connectivity index is 1.72. The Hall–Kier alpha value is -1.36. The molecule has 1 aliphatic heterocycles. The Morgan fingerprint density at radius 2 is 1.87 bits per heavy atom. The summed E-state index contributed by atoms with van der Waals surface area (Å²) in [6.45, 7) is 3.27. The third-order valence-corrected chi connectivity index (χ3v) is 5.08. The summed E-state index contributed by atoms with van der Waals surface area (Å²) in [5, 5.41) is 13.1. The molecule has 0 bridgehead atoms. The molecular weight excluding hydrogens is 354 g/mol. The zero-order valence-corrected chi connectivity index (χ0v) is 14.7. The van der Waals surface area contributed by atoms with Crippen molar-refractivity contribution in [1.29, 1.82) is 0 Å². The number of halogens is 1. The quantitative estimate of drug-likeness (QED) is 0.829. The van der Waals surface area contributed by atoms with Crippen LogP contribution in [0, 0.1) is 0 Å². The van der Waals surface area contributed by atoms with Gasteiger partial charge in [0.05, 0.1) is 0 Å². The van der Waals surface area contributed by atoms with Crippen molar-refractivity contribution in [3.63, 3.8) is 0 Å². The monoisotopic (exact) mass is 375 g/mol. The van der Waals surface area contributed by atoms with E-state index in [0.717, 1.165) is 49.2 Å². The summed E-state index contributed by atoms with van der Waals surface area (Å²) in [6.07, 6.45) is 2.05. The fraction of sp³-hybridized carbons (Fsp3) is 0.368. The zero-order valence-electron chi connectivity index (χ0n) is 13.1. The second-order valence-corrected chi connectivity index (χ2v) is 7.09. The molecule has 1 aliphatic rings. The lowest BCUT2D eigenvalue weighted by Gasteiger charge is -2.38. The van der Waals surface area contributed by atoms with Gasteiger partial charge >= 0.3 is 0 Å². The maximum Gasteiger partial charge on any atom is 0.115 e. The van der Waals surface area contributed by atoms with Gasteiger partial charge in [0, 0.05) is 36.2 Å². The fourth-order valence-electron chi connectivity index (χ4n) is 3.26. The average molecular weight is 376 g/mol. The molecule has 1 fully saturated rings. The largest absolute Gasteiger partial charge is 0.508 e. The standard InChI is InChI=1S/C19H22BrNO2/c20-17-5-2-4-16(12-17)19(7-9-23-10-8-19)14-21-13-15-3-1-6-18(22)11-15/h1-6,11-12,21-22H,7-10,13-14H2. The van der Waals surface area contributed by atoms with Crippen molar-refractivity contribution in [2.45, 2.75) is 24.8 Å². The number of rotatable bonds is 5. The second kappa shape index (κ2) is 7.47. The first-order valence-electron chi connectivity index (χ1n) is 8.00. The summed E-state index contributed by atoms with van der Waals surface area (Å²) in [4.78, 5) is 0. The Labute approximate surface area is 145 Å². The number of hydrogen-bond donors (Lipinski definition) is 2. The maximum absolute atomic E-state index is 9.57. The van der Waals surface area contributed by atoms with Crippen LogP contribution in [0.4, 0.5) is 0 Å². The highest BCUT2D eigenvalue weighted by molar-refractivity contribution is 9.10. The number of phenolic OH excluding ortho intramolecular Hbond substituents is 1. The third-order valence-electron chi connectivity index (χ3n) is 4.59. The summed E-state index contributed by atoms with van der Waals surface area (Å²) >= 11 is 3.59. The fourth-order valence-corrected chi connectivity index (χ4v) is 3.66. The lowest BCUT2D eigenvalue weighted by atomic mass is 9.74. The van der Waals surface area contributed by atoms with Crippen LogP contribution in [0.25, 0.3) is 0 Å². The van der Waals surface area contributed by atoms with Gasteiger partial charge in [-0.15, -0.1) is 0 Å². The summed E-state index contributed by atoms with van der Waals surface area (Å²) in [5.41, 5.74) is 2.57. The van der Waals surface area contributed by atoms with Gasteiger partial charge in [-0.1, -0.05) is 40.2 Å². The normalized spacial score (nSPS) is 17.1. The number of phenols is 1. The van der Waals surface area contributed by atoms with E-state index in [0.29, 0.717) is 5.75 Å². The van der Waals surface area contributed by atoms with Crippen molar-refractivity contribution >= 4 is 15.9 Å². The van der Waals surface area contributed by atoms with E-state index in [-0.39, 0.29) is 5.41 Å². The Morgan fingerprint density at radius 1 is 1.09 bits per heavy atom. The number of aromatic hydroxyl groups is 1. The maximum atomic E-state index is 9.57. The first kappa shape index (κ1) is 16.5. The highest BCUT2D eigenvalue weighted by atomic mass is 79.9. The highest BCUT2D eigenvalue weighted by Crippen LogP contribution is 2.35. The van der Waals surface area contributed by atoms with Gasteiger partial charge in [0.15, 0.2) is 0 Å². The second-order valence-electron chi connectivity index (χ2n) is 6.18. The van der Waals surface area contributed by atoms with Gasteiger partial charge in [-0.2, -0.15) is 0 Å². The van der Waals surface area contributed by atoms with Gasteiger partial charge in [0.25, 0.3) is 0 Å². The minimum Gasteiger partial charge on any atom is -0.508 e. The minimum atomic E-state index is 0.110. The molecule has 0 atom stereocenters. The summed E-state index contributed by atoms with van der Waals surface area (Å²) in [7, 11) is 0. The molecule has 23 heavy (non-hydrogen) atoms. The predicted octanol–water partition coefficient (Wildman–Crippen LogP) is 3.99. The van der Waals surface area contributed by atoms with Crippen molar-refractivity contribution in [2.24, 2.45) is 0 Å². The molecule has 0 unspecified atom stereocenters.